The highest BCUT2D eigenvalue weighted by atomic mass is 32.1. The molecule has 0 aliphatic heterocycles. The van der Waals surface area contributed by atoms with E-state index in [-0.39, 0.29) is 17.9 Å². The van der Waals surface area contributed by atoms with E-state index >= 15 is 0 Å². The molecule has 1 aromatic heterocycles. The van der Waals surface area contributed by atoms with E-state index in [4.69, 9.17) is 0 Å². The second-order valence-corrected chi connectivity index (χ2v) is 5.99. The minimum atomic E-state index is -1.00. The van der Waals surface area contributed by atoms with Crippen molar-refractivity contribution in [3.8, 4) is 0 Å². The number of hydrogen-bond donors (Lipinski definition) is 2. The Bertz CT molecular complexity index is 369. The van der Waals surface area contributed by atoms with Gasteiger partial charge < -0.3 is 10.4 Å². The van der Waals surface area contributed by atoms with Gasteiger partial charge in [-0.3, -0.25) is 4.79 Å². The number of nitrogens with one attached hydrogen (secondary N) is 1. The highest BCUT2D eigenvalue weighted by molar-refractivity contribution is 7.08. The van der Waals surface area contributed by atoms with E-state index in [0.717, 1.165) is 12.0 Å². The smallest absolute Gasteiger partial charge is 0.225 e. The van der Waals surface area contributed by atoms with Crippen LogP contribution in [0.15, 0.2) is 16.8 Å². The topological polar surface area (TPSA) is 49.3 Å². The summed E-state index contributed by atoms with van der Waals surface area (Å²) in [7, 11) is 0. The molecule has 17 heavy (non-hydrogen) atoms. The molecule has 0 spiro atoms. The molecule has 3 nitrogen and oxygen atoms in total. The Labute approximate surface area is 107 Å². The van der Waals surface area contributed by atoms with Crippen LogP contribution < -0.4 is 5.32 Å². The molecule has 1 rings (SSSR count). The van der Waals surface area contributed by atoms with Crippen molar-refractivity contribution in [2.45, 2.75) is 39.7 Å². The molecule has 0 aliphatic rings. The Hall–Kier alpha value is -0.870. The summed E-state index contributed by atoms with van der Waals surface area (Å²) in [5.41, 5.74) is -0.540. The van der Waals surface area contributed by atoms with Gasteiger partial charge in [0.15, 0.2) is 0 Å². The first kappa shape index (κ1) is 14.2. The second-order valence-electron chi connectivity index (χ2n) is 5.21. The first-order valence-corrected chi connectivity index (χ1v) is 6.77. The zero-order valence-corrected chi connectivity index (χ0v) is 11.7. The van der Waals surface area contributed by atoms with Crippen molar-refractivity contribution >= 4 is 17.2 Å². The van der Waals surface area contributed by atoms with E-state index in [2.05, 4.69) is 5.32 Å². The lowest BCUT2D eigenvalue weighted by molar-refractivity contribution is -0.130. The Balaban J connectivity index is 2.60. The molecule has 1 heterocycles. The van der Waals surface area contributed by atoms with Gasteiger partial charge in [0, 0.05) is 5.41 Å². The van der Waals surface area contributed by atoms with Crippen LogP contribution in [-0.2, 0) is 10.4 Å². The van der Waals surface area contributed by atoms with Crippen molar-refractivity contribution in [2.75, 3.05) is 6.54 Å². The molecule has 0 saturated carbocycles. The normalized spacial score (nSPS) is 15.4. The number of aliphatic hydroxyl groups is 1. The molecule has 0 bridgehead atoms. The molecule has 0 aromatic carbocycles. The summed E-state index contributed by atoms with van der Waals surface area (Å²) in [6.45, 7) is 7.75. The van der Waals surface area contributed by atoms with Crippen LogP contribution in [0.2, 0.25) is 0 Å². The van der Waals surface area contributed by atoms with Crippen LogP contribution in [-0.4, -0.2) is 17.6 Å². The van der Waals surface area contributed by atoms with Gasteiger partial charge in [0.1, 0.15) is 5.60 Å². The van der Waals surface area contributed by atoms with Crippen molar-refractivity contribution in [1.29, 1.82) is 0 Å². The average Bonchev–Trinajstić information content (AvgIpc) is 2.80. The molecule has 0 saturated heterocycles. The lowest BCUT2D eigenvalue weighted by Crippen LogP contribution is -2.43. The summed E-state index contributed by atoms with van der Waals surface area (Å²) in [6.07, 6.45) is 0.777. The van der Waals surface area contributed by atoms with Gasteiger partial charge in [-0.15, -0.1) is 0 Å². The van der Waals surface area contributed by atoms with Gasteiger partial charge in [-0.1, -0.05) is 20.8 Å². The molecule has 0 fully saturated rings. The Morgan fingerprint density at radius 3 is 2.59 bits per heavy atom. The Morgan fingerprint density at radius 2 is 2.12 bits per heavy atom. The molecule has 1 amide bonds. The van der Waals surface area contributed by atoms with Crippen molar-refractivity contribution in [1.82, 2.24) is 5.32 Å². The van der Waals surface area contributed by atoms with Crippen LogP contribution in [0, 0.1) is 5.41 Å². The lowest BCUT2D eigenvalue weighted by Gasteiger charge is -2.27. The lowest BCUT2D eigenvalue weighted by atomic mass is 9.88. The van der Waals surface area contributed by atoms with Crippen LogP contribution in [0.25, 0.3) is 0 Å². The number of hydrogen-bond acceptors (Lipinski definition) is 3. The van der Waals surface area contributed by atoms with E-state index in [1.54, 1.807) is 6.92 Å². The molecular weight excluding hydrogens is 234 g/mol. The summed E-state index contributed by atoms with van der Waals surface area (Å²) in [5.74, 6) is -0.0181. The van der Waals surface area contributed by atoms with Crippen molar-refractivity contribution in [3.05, 3.63) is 22.4 Å². The predicted molar refractivity (Wildman–Crippen MR) is 71.0 cm³/mol. The summed E-state index contributed by atoms with van der Waals surface area (Å²) in [5, 5.41) is 16.9. The molecule has 1 aromatic rings. The number of rotatable bonds is 5. The van der Waals surface area contributed by atoms with Crippen LogP contribution in [0.1, 0.15) is 39.7 Å². The fourth-order valence-electron chi connectivity index (χ4n) is 1.33. The fourth-order valence-corrected chi connectivity index (χ4v) is 2.11. The fraction of sp³-hybridized carbons (Fsp3) is 0.615. The minimum absolute atomic E-state index is 0.0181. The standard InChI is InChI=1S/C13H21NO2S/c1-5-12(2,3)11(15)14-9-13(4,16)10-6-7-17-8-10/h6-8,16H,5,9H2,1-4H3,(H,14,15). The van der Waals surface area contributed by atoms with Crippen LogP contribution in [0.4, 0.5) is 0 Å². The van der Waals surface area contributed by atoms with E-state index in [1.165, 1.54) is 11.3 Å². The van der Waals surface area contributed by atoms with Gasteiger partial charge in [-0.2, -0.15) is 11.3 Å². The zero-order chi connectivity index (χ0) is 13.1. The van der Waals surface area contributed by atoms with Gasteiger partial charge in [0.05, 0.1) is 6.54 Å². The van der Waals surface area contributed by atoms with Crippen LogP contribution in [0.5, 0.6) is 0 Å². The van der Waals surface area contributed by atoms with E-state index in [9.17, 15) is 9.90 Å². The molecule has 96 valence electrons. The number of thiophene rings is 1. The number of carbonyl (C=O) groups excluding carboxylic acids is 1. The van der Waals surface area contributed by atoms with E-state index < -0.39 is 5.60 Å². The minimum Gasteiger partial charge on any atom is -0.384 e. The summed E-state index contributed by atoms with van der Waals surface area (Å²) in [6, 6.07) is 1.88. The van der Waals surface area contributed by atoms with E-state index in [1.807, 2.05) is 37.6 Å². The number of amides is 1. The maximum Gasteiger partial charge on any atom is 0.225 e. The highest BCUT2D eigenvalue weighted by Gasteiger charge is 2.29. The molecule has 4 heteroatoms. The predicted octanol–water partition coefficient (Wildman–Crippen LogP) is 2.51. The van der Waals surface area contributed by atoms with Gasteiger partial charge in [-0.25, -0.2) is 0 Å². The molecule has 1 unspecified atom stereocenters. The quantitative estimate of drug-likeness (QED) is 0.849. The largest absolute Gasteiger partial charge is 0.384 e. The van der Waals surface area contributed by atoms with Gasteiger partial charge >= 0.3 is 0 Å². The van der Waals surface area contributed by atoms with Crippen molar-refractivity contribution < 1.29 is 9.90 Å². The second kappa shape index (κ2) is 5.19. The molecule has 2 N–H and O–H groups in total. The maximum absolute atomic E-state index is 11.9. The van der Waals surface area contributed by atoms with Crippen LogP contribution >= 0.6 is 11.3 Å². The first-order valence-electron chi connectivity index (χ1n) is 5.83. The average molecular weight is 255 g/mol. The van der Waals surface area contributed by atoms with Gasteiger partial charge in [-0.05, 0) is 35.7 Å². The van der Waals surface area contributed by atoms with Crippen molar-refractivity contribution in [3.63, 3.8) is 0 Å². The highest BCUT2D eigenvalue weighted by Crippen LogP contribution is 2.24. The summed E-state index contributed by atoms with van der Waals surface area (Å²) < 4.78 is 0. The van der Waals surface area contributed by atoms with Gasteiger partial charge in [0.2, 0.25) is 5.91 Å². The molecule has 1 atom stereocenters. The Morgan fingerprint density at radius 1 is 1.47 bits per heavy atom. The monoisotopic (exact) mass is 255 g/mol. The third-order valence-electron chi connectivity index (χ3n) is 3.23. The SMILES string of the molecule is CCC(C)(C)C(=O)NCC(C)(O)c1ccsc1. The molecular formula is C13H21NO2S. The zero-order valence-electron chi connectivity index (χ0n) is 10.9. The number of carbonyl (C=O) groups is 1. The van der Waals surface area contributed by atoms with Crippen molar-refractivity contribution in [2.24, 2.45) is 5.41 Å². The summed E-state index contributed by atoms with van der Waals surface area (Å²) >= 11 is 1.54. The Kier molecular flexibility index (Phi) is 4.33. The summed E-state index contributed by atoms with van der Waals surface area (Å²) in [4.78, 5) is 11.9. The molecule has 0 radical (unpaired) electrons. The third-order valence-corrected chi connectivity index (χ3v) is 3.92. The first-order chi connectivity index (χ1) is 7.79. The van der Waals surface area contributed by atoms with Gasteiger partial charge in [0.25, 0.3) is 0 Å². The maximum atomic E-state index is 11.9. The van der Waals surface area contributed by atoms with E-state index in [0.29, 0.717) is 0 Å². The van der Waals surface area contributed by atoms with Crippen LogP contribution in [0.3, 0.4) is 0 Å². The molecule has 0 aliphatic carbocycles. The third kappa shape index (κ3) is 3.54.